The van der Waals surface area contributed by atoms with Crippen molar-refractivity contribution in [2.45, 2.75) is 6.54 Å². The minimum absolute atomic E-state index is 0.311. The average molecular weight is 415 g/mol. The topological polar surface area (TPSA) is 17.8 Å². The van der Waals surface area contributed by atoms with Gasteiger partial charge in [0, 0.05) is 16.8 Å². The molecule has 0 unspecified atom stereocenters. The van der Waals surface area contributed by atoms with E-state index >= 15 is 0 Å². The van der Waals surface area contributed by atoms with Gasteiger partial charge >= 0.3 is 0 Å². The third-order valence-electron chi connectivity index (χ3n) is 2.06. The Morgan fingerprint density at radius 1 is 1.50 bits per heavy atom. The van der Waals surface area contributed by atoms with Gasteiger partial charge in [-0.1, -0.05) is 17.7 Å². The van der Waals surface area contributed by atoms with E-state index in [2.05, 4.69) is 43.6 Å². The van der Waals surface area contributed by atoms with Crippen LogP contribution in [0.4, 0.5) is 4.39 Å². The van der Waals surface area contributed by atoms with Crippen molar-refractivity contribution in [1.29, 1.82) is 0 Å². The van der Waals surface area contributed by atoms with Crippen molar-refractivity contribution in [1.82, 2.24) is 9.78 Å². The Labute approximate surface area is 119 Å². The van der Waals surface area contributed by atoms with Gasteiger partial charge in [0.05, 0.1) is 11.0 Å². The van der Waals surface area contributed by atoms with Crippen molar-refractivity contribution in [2.24, 2.45) is 0 Å². The molecule has 0 spiro atoms. The van der Waals surface area contributed by atoms with E-state index in [1.165, 1.54) is 6.07 Å². The normalized spacial score (nSPS) is 10.8. The summed E-state index contributed by atoms with van der Waals surface area (Å²) in [7, 11) is 0. The van der Waals surface area contributed by atoms with Gasteiger partial charge in [0.1, 0.15) is 9.52 Å². The van der Waals surface area contributed by atoms with Gasteiger partial charge < -0.3 is 0 Å². The maximum Gasteiger partial charge on any atom is 0.137 e. The molecule has 84 valence electrons. The fourth-order valence-electron chi connectivity index (χ4n) is 1.30. The van der Waals surface area contributed by atoms with Crippen LogP contribution in [0.1, 0.15) is 5.56 Å². The van der Waals surface area contributed by atoms with Gasteiger partial charge in [0.2, 0.25) is 0 Å². The number of hydrogen-bond acceptors (Lipinski definition) is 1. The maximum absolute atomic E-state index is 13.5. The molecule has 1 aromatic heterocycles. The zero-order valence-electron chi connectivity index (χ0n) is 7.92. The van der Waals surface area contributed by atoms with Crippen LogP contribution in [0.3, 0.4) is 0 Å². The number of rotatable bonds is 2. The second-order valence-electron chi connectivity index (χ2n) is 3.17. The van der Waals surface area contributed by atoms with Crippen LogP contribution in [0, 0.1) is 9.52 Å². The first-order chi connectivity index (χ1) is 7.58. The molecule has 0 atom stereocenters. The molecule has 0 radical (unpaired) electrons. The summed E-state index contributed by atoms with van der Waals surface area (Å²) in [6.45, 7) is 0.326. The lowest BCUT2D eigenvalue weighted by Crippen LogP contribution is -2.03. The van der Waals surface area contributed by atoms with Crippen molar-refractivity contribution in [3.8, 4) is 0 Å². The molecule has 0 aliphatic heterocycles. The van der Waals surface area contributed by atoms with Gasteiger partial charge in [-0.2, -0.15) is 5.10 Å². The first kappa shape index (κ1) is 12.3. The second-order valence-corrected chi connectivity index (χ2v) is 5.45. The highest BCUT2D eigenvalue weighted by molar-refractivity contribution is 14.1. The zero-order valence-corrected chi connectivity index (χ0v) is 12.4. The van der Waals surface area contributed by atoms with Crippen molar-refractivity contribution in [2.75, 3.05) is 0 Å². The quantitative estimate of drug-likeness (QED) is 0.676. The Morgan fingerprint density at radius 2 is 2.25 bits per heavy atom. The van der Waals surface area contributed by atoms with Crippen LogP contribution in [-0.2, 0) is 6.54 Å². The molecule has 1 aromatic carbocycles. The molecule has 0 N–H and O–H groups in total. The monoisotopic (exact) mass is 414 g/mol. The average Bonchev–Trinajstić information content (AvgIpc) is 2.53. The predicted molar refractivity (Wildman–Crippen MR) is 73.2 cm³/mol. The van der Waals surface area contributed by atoms with E-state index < -0.39 is 0 Å². The van der Waals surface area contributed by atoms with Gasteiger partial charge in [-0.3, -0.25) is 4.68 Å². The largest absolute Gasteiger partial charge is 0.266 e. The Balaban J connectivity index is 2.33. The van der Waals surface area contributed by atoms with E-state index in [0.29, 0.717) is 17.1 Å². The molecule has 16 heavy (non-hydrogen) atoms. The molecule has 0 bridgehead atoms. The smallest absolute Gasteiger partial charge is 0.137 e. The first-order valence-corrected chi connectivity index (χ1v) is 6.64. The van der Waals surface area contributed by atoms with Crippen LogP contribution < -0.4 is 0 Å². The summed E-state index contributed by atoms with van der Waals surface area (Å²) in [6, 6.07) is 4.65. The van der Waals surface area contributed by atoms with Crippen LogP contribution in [0.25, 0.3) is 0 Å². The third kappa shape index (κ3) is 2.57. The van der Waals surface area contributed by atoms with Crippen LogP contribution in [0.5, 0.6) is 0 Å². The van der Waals surface area contributed by atoms with E-state index in [1.807, 2.05) is 0 Å². The molecule has 2 aromatic rings. The van der Waals surface area contributed by atoms with Crippen LogP contribution in [-0.4, -0.2) is 9.78 Å². The molecule has 0 saturated heterocycles. The van der Waals surface area contributed by atoms with Gasteiger partial charge in [-0.05, 0) is 50.7 Å². The van der Waals surface area contributed by atoms with Crippen molar-refractivity contribution in [3.63, 3.8) is 0 Å². The first-order valence-electron chi connectivity index (χ1n) is 4.39. The zero-order chi connectivity index (χ0) is 11.7. The van der Waals surface area contributed by atoms with Gasteiger partial charge in [0.15, 0.2) is 0 Å². The standard InChI is InChI=1S/C10H6BrClFIN2/c11-7-5-16(15-10(7)14)4-6-8(12)2-1-3-9(6)13/h1-3,5H,4H2. The predicted octanol–water partition coefficient (Wildman–Crippen LogP) is 4.09. The highest BCUT2D eigenvalue weighted by Crippen LogP contribution is 2.22. The number of halogens is 4. The molecule has 0 amide bonds. The summed E-state index contributed by atoms with van der Waals surface area (Å²) in [5.74, 6) is -0.311. The van der Waals surface area contributed by atoms with E-state index in [9.17, 15) is 4.39 Å². The Morgan fingerprint density at radius 3 is 2.81 bits per heavy atom. The fraction of sp³-hybridized carbons (Fsp3) is 0.100. The summed E-state index contributed by atoms with van der Waals surface area (Å²) >= 11 is 11.4. The maximum atomic E-state index is 13.5. The number of aromatic nitrogens is 2. The lowest BCUT2D eigenvalue weighted by molar-refractivity contribution is 0.584. The fourth-order valence-corrected chi connectivity index (χ4v) is 2.25. The minimum atomic E-state index is -0.311. The molecular weight excluding hydrogens is 409 g/mol. The van der Waals surface area contributed by atoms with E-state index in [4.69, 9.17) is 11.6 Å². The minimum Gasteiger partial charge on any atom is -0.266 e. The highest BCUT2D eigenvalue weighted by atomic mass is 127. The number of nitrogens with zero attached hydrogens (tertiary/aromatic N) is 2. The van der Waals surface area contributed by atoms with Crippen molar-refractivity contribution in [3.05, 3.63) is 49.0 Å². The molecule has 0 aliphatic rings. The molecule has 1 heterocycles. The summed E-state index contributed by atoms with van der Waals surface area (Å²) in [6.07, 6.45) is 1.80. The van der Waals surface area contributed by atoms with Crippen LogP contribution >= 0.6 is 50.1 Å². The van der Waals surface area contributed by atoms with Crippen LogP contribution in [0.2, 0.25) is 5.02 Å². The summed E-state index contributed by atoms with van der Waals surface area (Å²) < 4.78 is 16.9. The molecule has 0 aliphatic carbocycles. The second kappa shape index (κ2) is 5.01. The van der Waals surface area contributed by atoms with E-state index in [-0.39, 0.29) is 5.82 Å². The Kier molecular flexibility index (Phi) is 3.86. The lowest BCUT2D eigenvalue weighted by atomic mass is 10.2. The Bertz CT molecular complexity index is 490. The third-order valence-corrected chi connectivity index (χ3v) is 4.53. The van der Waals surface area contributed by atoms with E-state index in [0.717, 1.165) is 8.17 Å². The van der Waals surface area contributed by atoms with Gasteiger partial charge in [-0.25, -0.2) is 4.39 Å². The molecule has 2 rings (SSSR count). The molecule has 0 fully saturated rings. The van der Waals surface area contributed by atoms with Gasteiger partial charge in [-0.15, -0.1) is 0 Å². The molecule has 0 saturated carbocycles. The molecule has 2 nitrogen and oxygen atoms in total. The summed E-state index contributed by atoms with van der Waals surface area (Å²) in [5, 5.41) is 4.64. The van der Waals surface area contributed by atoms with E-state index in [1.54, 1.807) is 23.0 Å². The summed E-state index contributed by atoms with van der Waals surface area (Å²) in [5.41, 5.74) is 0.454. The van der Waals surface area contributed by atoms with Crippen molar-refractivity contribution < 1.29 is 4.39 Å². The van der Waals surface area contributed by atoms with Crippen molar-refractivity contribution >= 4 is 50.1 Å². The molecule has 6 heteroatoms. The number of benzene rings is 1. The highest BCUT2D eigenvalue weighted by Gasteiger charge is 2.09. The summed E-state index contributed by atoms with van der Waals surface area (Å²) in [4.78, 5) is 0. The van der Waals surface area contributed by atoms with Gasteiger partial charge in [0.25, 0.3) is 0 Å². The number of hydrogen-bond donors (Lipinski definition) is 0. The Hall–Kier alpha value is -0.140. The molecular formula is C10H6BrClFIN2. The van der Waals surface area contributed by atoms with Crippen LogP contribution in [0.15, 0.2) is 28.9 Å². The SMILES string of the molecule is Fc1cccc(Cl)c1Cn1cc(Br)c(I)n1. The lowest BCUT2D eigenvalue weighted by Gasteiger charge is -2.05.